The first-order valence-corrected chi connectivity index (χ1v) is 7.58. The van der Waals surface area contributed by atoms with Crippen molar-refractivity contribution in [3.05, 3.63) is 28.2 Å². The Morgan fingerprint density at radius 1 is 1.42 bits per heavy atom. The lowest BCUT2D eigenvalue weighted by Gasteiger charge is -2.25. The molecule has 1 saturated heterocycles. The van der Waals surface area contributed by atoms with Gasteiger partial charge >= 0.3 is 0 Å². The highest BCUT2D eigenvalue weighted by Crippen LogP contribution is 2.28. The van der Waals surface area contributed by atoms with Crippen molar-refractivity contribution in [2.24, 2.45) is 5.92 Å². The van der Waals surface area contributed by atoms with Crippen molar-refractivity contribution in [1.29, 1.82) is 0 Å². The van der Waals surface area contributed by atoms with Gasteiger partial charge in [-0.25, -0.2) is 0 Å². The molecule has 4 heteroatoms. The highest BCUT2D eigenvalue weighted by molar-refractivity contribution is 9.10. The molecule has 106 valence electrons. The Labute approximate surface area is 123 Å². The maximum absolute atomic E-state index is 5.45. The van der Waals surface area contributed by atoms with E-state index >= 15 is 0 Å². The average molecular weight is 328 g/mol. The van der Waals surface area contributed by atoms with Crippen molar-refractivity contribution in [3.63, 3.8) is 0 Å². The first-order valence-electron chi connectivity index (χ1n) is 6.79. The summed E-state index contributed by atoms with van der Waals surface area (Å²) in [5.74, 6) is 1.50. The molecule has 3 nitrogen and oxygen atoms in total. The largest absolute Gasteiger partial charge is 0.497 e. The number of methoxy groups -OCH3 is 1. The van der Waals surface area contributed by atoms with Crippen molar-refractivity contribution in [3.8, 4) is 5.75 Å². The minimum Gasteiger partial charge on any atom is -0.497 e. The van der Waals surface area contributed by atoms with E-state index in [1.807, 2.05) is 12.1 Å². The van der Waals surface area contributed by atoms with Crippen LogP contribution in [0.25, 0.3) is 0 Å². The van der Waals surface area contributed by atoms with Gasteiger partial charge in [0.2, 0.25) is 0 Å². The zero-order valence-corrected chi connectivity index (χ0v) is 13.4. The standard InChI is InChI=1S/C15H22BrNO2/c1-10(12-6-7-19-9-12)17-11(2)14-5-4-13(18-3)8-15(14)16/h4-5,8,10-12,17H,6-7,9H2,1-3H3. The second-order valence-electron chi connectivity index (χ2n) is 5.19. The molecule has 0 saturated carbocycles. The Morgan fingerprint density at radius 2 is 2.21 bits per heavy atom. The average Bonchev–Trinajstić information content (AvgIpc) is 2.92. The predicted molar refractivity (Wildman–Crippen MR) is 80.6 cm³/mol. The van der Waals surface area contributed by atoms with Crippen LogP contribution in [0.3, 0.4) is 0 Å². The van der Waals surface area contributed by atoms with Crippen LogP contribution in [0.15, 0.2) is 22.7 Å². The molecule has 0 bridgehead atoms. The Bertz CT molecular complexity index is 419. The van der Waals surface area contributed by atoms with Crippen LogP contribution in [-0.4, -0.2) is 26.4 Å². The van der Waals surface area contributed by atoms with Gasteiger partial charge in [0.05, 0.1) is 13.7 Å². The fourth-order valence-corrected chi connectivity index (χ4v) is 3.25. The Hall–Kier alpha value is -0.580. The van der Waals surface area contributed by atoms with Gasteiger partial charge in [0.1, 0.15) is 5.75 Å². The third kappa shape index (κ3) is 3.71. The van der Waals surface area contributed by atoms with Crippen LogP contribution < -0.4 is 10.1 Å². The SMILES string of the molecule is COc1ccc(C(C)NC(C)C2CCOC2)c(Br)c1. The molecule has 3 unspecified atom stereocenters. The first kappa shape index (κ1) is 14.8. The molecule has 0 spiro atoms. The van der Waals surface area contributed by atoms with E-state index in [4.69, 9.17) is 9.47 Å². The molecule has 0 radical (unpaired) electrons. The number of benzene rings is 1. The van der Waals surface area contributed by atoms with E-state index in [9.17, 15) is 0 Å². The second kappa shape index (κ2) is 6.73. The molecule has 1 heterocycles. The maximum atomic E-state index is 5.45. The van der Waals surface area contributed by atoms with Gasteiger partial charge in [-0.1, -0.05) is 22.0 Å². The van der Waals surface area contributed by atoms with Crippen LogP contribution in [0.1, 0.15) is 31.9 Å². The maximum Gasteiger partial charge on any atom is 0.120 e. The Kier molecular flexibility index (Phi) is 5.25. The number of hydrogen-bond donors (Lipinski definition) is 1. The summed E-state index contributed by atoms with van der Waals surface area (Å²) in [5, 5.41) is 3.67. The summed E-state index contributed by atoms with van der Waals surface area (Å²) < 4.78 is 11.8. The molecule has 19 heavy (non-hydrogen) atoms. The van der Waals surface area contributed by atoms with Crippen molar-refractivity contribution in [2.75, 3.05) is 20.3 Å². The summed E-state index contributed by atoms with van der Waals surface area (Å²) in [4.78, 5) is 0. The predicted octanol–water partition coefficient (Wildman–Crippen LogP) is 3.53. The van der Waals surface area contributed by atoms with Gasteiger partial charge in [-0.15, -0.1) is 0 Å². The smallest absolute Gasteiger partial charge is 0.120 e. The van der Waals surface area contributed by atoms with Crippen LogP contribution in [0, 0.1) is 5.92 Å². The zero-order valence-electron chi connectivity index (χ0n) is 11.8. The molecule has 0 amide bonds. The summed E-state index contributed by atoms with van der Waals surface area (Å²) in [7, 11) is 1.69. The van der Waals surface area contributed by atoms with Gasteiger partial charge in [0, 0.05) is 23.2 Å². The van der Waals surface area contributed by atoms with Gasteiger partial charge in [-0.2, -0.15) is 0 Å². The topological polar surface area (TPSA) is 30.5 Å². The number of nitrogens with one attached hydrogen (secondary N) is 1. The van der Waals surface area contributed by atoms with Crippen molar-refractivity contribution in [1.82, 2.24) is 5.32 Å². The van der Waals surface area contributed by atoms with Gasteiger partial charge in [-0.3, -0.25) is 0 Å². The van der Waals surface area contributed by atoms with Crippen LogP contribution in [0.2, 0.25) is 0 Å². The Morgan fingerprint density at radius 3 is 2.79 bits per heavy atom. The van der Waals surface area contributed by atoms with E-state index in [0.717, 1.165) is 29.9 Å². The fourth-order valence-electron chi connectivity index (χ4n) is 2.55. The minimum absolute atomic E-state index is 0.302. The van der Waals surface area contributed by atoms with Gasteiger partial charge in [-0.05, 0) is 43.9 Å². The van der Waals surface area contributed by atoms with Gasteiger partial charge < -0.3 is 14.8 Å². The highest BCUT2D eigenvalue weighted by Gasteiger charge is 2.24. The third-order valence-electron chi connectivity index (χ3n) is 3.86. The lowest BCUT2D eigenvalue weighted by molar-refractivity contribution is 0.177. The number of rotatable bonds is 5. The van der Waals surface area contributed by atoms with Crippen molar-refractivity contribution < 1.29 is 9.47 Å². The molecule has 1 aromatic rings. The van der Waals surface area contributed by atoms with Crippen LogP contribution in [-0.2, 0) is 4.74 Å². The molecule has 1 aliphatic rings. The van der Waals surface area contributed by atoms with Crippen molar-refractivity contribution >= 4 is 15.9 Å². The number of halogens is 1. The summed E-state index contributed by atoms with van der Waals surface area (Å²) in [6.45, 7) is 6.22. The molecule has 1 N–H and O–H groups in total. The summed E-state index contributed by atoms with van der Waals surface area (Å²) in [6.07, 6.45) is 1.16. The molecule has 1 fully saturated rings. The fraction of sp³-hybridized carbons (Fsp3) is 0.600. The monoisotopic (exact) mass is 327 g/mol. The van der Waals surface area contributed by atoms with E-state index in [2.05, 4.69) is 41.2 Å². The van der Waals surface area contributed by atoms with Crippen LogP contribution in [0.4, 0.5) is 0 Å². The molecule has 1 aromatic carbocycles. The summed E-state index contributed by atoms with van der Waals surface area (Å²) in [6, 6.07) is 6.89. The molecule has 1 aliphatic heterocycles. The molecular weight excluding hydrogens is 306 g/mol. The van der Waals surface area contributed by atoms with E-state index in [1.165, 1.54) is 5.56 Å². The molecule has 3 atom stereocenters. The van der Waals surface area contributed by atoms with Gasteiger partial charge in [0.15, 0.2) is 0 Å². The van der Waals surface area contributed by atoms with E-state index in [1.54, 1.807) is 7.11 Å². The molecular formula is C15H22BrNO2. The second-order valence-corrected chi connectivity index (χ2v) is 6.04. The van der Waals surface area contributed by atoms with E-state index in [0.29, 0.717) is 18.0 Å². The van der Waals surface area contributed by atoms with Crippen molar-refractivity contribution in [2.45, 2.75) is 32.4 Å². The third-order valence-corrected chi connectivity index (χ3v) is 4.55. The quantitative estimate of drug-likeness (QED) is 0.897. The number of ether oxygens (including phenoxy) is 2. The van der Waals surface area contributed by atoms with Crippen LogP contribution >= 0.6 is 15.9 Å². The summed E-state index contributed by atoms with van der Waals surface area (Å²) >= 11 is 3.62. The lowest BCUT2D eigenvalue weighted by Crippen LogP contribution is -2.35. The lowest BCUT2D eigenvalue weighted by atomic mass is 9.98. The van der Waals surface area contributed by atoms with Crippen LogP contribution in [0.5, 0.6) is 5.75 Å². The Balaban J connectivity index is 2.00. The normalized spacial score (nSPS) is 22.2. The van der Waals surface area contributed by atoms with Gasteiger partial charge in [0.25, 0.3) is 0 Å². The molecule has 2 rings (SSSR count). The first-order chi connectivity index (χ1) is 9.11. The number of hydrogen-bond acceptors (Lipinski definition) is 3. The zero-order chi connectivity index (χ0) is 13.8. The molecule has 0 aromatic heterocycles. The van der Waals surface area contributed by atoms with E-state index < -0.39 is 0 Å². The van der Waals surface area contributed by atoms with E-state index in [-0.39, 0.29) is 0 Å². The minimum atomic E-state index is 0.302. The highest BCUT2D eigenvalue weighted by atomic mass is 79.9. The molecule has 0 aliphatic carbocycles. The summed E-state index contributed by atoms with van der Waals surface area (Å²) in [5.41, 5.74) is 1.26.